The van der Waals surface area contributed by atoms with Crippen molar-refractivity contribution in [3.8, 4) is 0 Å². The van der Waals surface area contributed by atoms with Crippen molar-refractivity contribution in [2.24, 2.45) is 5.92 Å². The summed E-state index contributed by atoms with van der Waals surface area (Å²) in [6, 6.07) is 18.5. The Bertz CT molecular complexity index is 991. The number of anilines is 1. The Morgan fingerprint density at radius 2 is 1.72 bits per heavy atom. The van der Waals surface area contributed by atoms with Crippen LogP contribution in [0.15, 0.2) is 54.6 Å². The molecule has 29 heavy (non-hydrogen) atoms. The van der Waals surface area contributed by atoms with Crippen LogP contribution >= 0.6 is 0 Å². The second-order valence-corrected chi connectivity index (χ2v) is 8.33. The fraction of sp³-hybridized carbons (Fsp3) is 0.417. The van der Waals surface area contributed by atoms with E-state index in [1.807, 2.05) is 36.4 Å². The summed E-state index contributed by atoms with van der Waals surface area (Å²) in [5.41, 5.74) is 3.29. The summed E-state index contributed by atoms with van der Waals surface area (Å²) < 4.78 is 2.18. The zero-order valence-corrected chi connectivity index (χ0v) is 16.8. The van der Waals surface area contributed by atoms with E-state index in [-0.39, 0.29) is 11.8 Å². The normalized spacial score (nSPS) is 21.9. The molecular formula is C24H28N4O. The Morgan fingerprint density at radius 1 is 0.966 bits per heavy atom. The molecule has 0 bridgehead atoms. The van der Waals surface area contributed by atoms with E-state index in [4.69, 9.17) is 4.98 Å². The van der Waals surface area contributed by atoms with E-state index in [1.165, 1.54) is 37.9 Å². The quantitative estimate of drug-likeness (QED) is 0.686. The number of nitrogens with one attached hydrogen (secondary N) is 1. The number of rotatable bonds is 6. The van der Waals surface area contributed by atoms with Gasteiger partial charge in [-0.1, -0.05) is 48.9 Å². The predicted molar refractivity (Wildman–Crippen MR) is 116 cm³/mol. The maximum absolute atomic E-state index is 12.9. The van der Waals surface area contributed by atoms with Crippen LogP contribution in [0, 0.1) is 5.92 Å². The molecule has 3 aromatic rings. The minimum atomic E-state index is 0.0488. The number of nitrogens with zero attached hydrogens (tertiary/aromatic N) is 3. The Kier molecular flexibility index (Phi) is 5.06. The van der Waals surface area contributed by atoms with Crippen LogP contribution < -0.4 is 5.32 Å². The first-order chi connectivity index (χ1) is 14.3. The summed E-state index contributed by atoms with van der Waals surface area (Å²) >= 11 is 0. The molecule has 1 aliphatic carbocycles. The highest BCUT2D eigenvalue weighted by atomic mass is 16.2. The zero-order valence-electron chi connectivity index (χ0n) is 16.8. The molecule has 150 valence electrons. The molecule has 1 aromatic heterocycles. The highest BCUT2D eigenvalue weighted by molar-refractivity contribution is 5.95. The van der Waals surface area contributed by atoms with Crippen LogP contribution in [-0.4, -0.2) is 40.0 Å². The van der Waals surface area contributed by atoms with Crippen molar-refractivity contribution in [3.05, 3.63) is 60.2 Å². The second-order valence-electron chi connectivity index (χ2n) is 8.33. The lowest BCUT2D eigenvalue weighted by atomic mass is 10.1. The molecule has 2 aromatic carbocycles. The molecule has 1 N–H and O–H groups in total. The SMILES string of the molecule is O=C(Nc1nc2ccccc2n1CCN1CCCCC1)[C@H]1C[C@@H]1c1ccccc1. The molecule has 5 nitrogen and oxygen atoms in total. The number of hydrogen-bond acceptors (Lipinski definition) is 3. The molecule has 1 amide bonds. The summed E-state index contributed by atoms with van der Waals surface area (Å²) in [5.74, 6) is 1.16. The molecule has 1 saturated carbocycles. The number of likely N-dealkylation sites (tertiary alicyclic amines) is 1. The number of para-hydroxylation sites is 2. The third-order valence-electron chi connectivity index (χ3n) is 6.33. The van der Waals surface area contributed by atoms with Gasteiger partial charge in [0.05, 0.1) is 11.0 Å². The predicted octanol–water partition coefficient (Wildman–Crippen LogP) is 4.26. The van der Waals surface area contributed by atoms with E-state index in [2.05, 4.69) is 33.0 Å². The second kappa shape index (κ2) is 7.99. The van der Waals surface area contributed by atoms with Gasteiger partial charge in [0, 0.05) is 19.0 Å². The maximum atomic E-state index is 12.9. The minimum absolute atomic E-state index is 0.0488. The Morgan fingerprint density at radius 3 is 2.55 bits per heavy atom. The number of carbonyl (C=O) groups is 1. The number of carbonyl (C=O) groups excluding carboxylic acids is 1. The van der Waals surface area contributed by atoms with E-state index in [1.54, 1.807) is 0 Å². The van der Waals surface area contributed by atoms with Crippen molar-refractivity contribution in [1.82, 2.24) is 14.5 Å². The first kappa shape index (κ1) is 18.4. The van der Waals surface area contributed by atoms with Gasteiger partial charge in [-0.05, 0) is 56.0 Å². The monoisotopic (exact) mass is 388 g/mol. The van der Waals surface area contributed by atoms with E-state index in [0.29, 0.717) is 11.9 Å². The lowest BCUT2D eigenvalue weighted by Crippen LogP contribution is -2.33. The average Bonchev–Trinajstić information content (AvgIpc) is 3.50. The van der Waals surface area contributed by atoms with Gasteiger partial charge in [0.25, 0.3) is 0 Å². The molecule has 2 fully saturated rings. The number of amides is 1. The van der Waals surface area contributed by atoms with Gasteiger partial charge >= 0.3 is 0 Å². The summed E-state index contributed by atoms with van der Waals surface area (Å²) in [6.07, 6.45) is 4.84. The van der Waals surface area contributed by atoms with Crippen molar-refractivity contribution in [1.29, 1.82) is 0 Å². The number of benzene rings is 2. The fourth-order valence-electron chi connectivity index (χ4n) is 4.58. The maximum Gasteiger partial charge on any atom is 0.230 e. The number of hydrogen-bond donors (Lipinski definition) is 1. The first-order valence-corrected chi connectivity index (χ1v) is 10.8. The van der Waals surface area contributed by atoms with Crippen molar-refractivity contribution in [3.63, 3.8) is 0 Å². The van der Waals surface area contributed by atoms with Crippen LogP contribution in [0.5, 0.6) is 0 Å². The summed E-state index contributed by atoms with van der Waals surface area (Å²) in [4.78, 5) is 20.2. The van der Waals surface area contributed by atoms with Crippen LogP contribution in [-0.2, 0) is 11.3 Å². The number of imidazole rings is 1. The third-order valence-corrected chi connectivity index (χ3v) is 6.33. The van der Waals surface area contributed by atoms with Gasteiger partial charge in [-0.2, -0.15) is 0 Å². The van der Waals surface area contributed by atoms with Gasteiger partial charge in [0.1, 0.15) is 0 Å². The van der Waals surface area contributed by atoms with Crippen LogP contribution in [0.1, 0.15) is 37.2 Å². The van der Waals surface area contributed by atoms with Gasteiger partial charge in [-0.15, -0.1) is 0 Å². The highest BCUT2D eigenvalue weighted by Crippen LogP contribution is 2.47. The lowest BCUT2D eigenvalue weighted by molar-refractivity contribution is -0.117. The largest absolute Gasteiger partial charge is 0.309 e. The minimum Gasteiger partial charge on any atom is -0.309 e. The molecule has 2 aliphatic rings. The molecular weight excluding hydrogens is 360 g/mol. The molecule has 1 aliphatic heterocycles. The van der Waals surface area contributed by atoms with E-state index < -0.39 is 0 Å². The van der Waals surface area contributed by atoms with Crippen LogP contribution in [0.4, 0.5) is 5.95 Å². The molecule has 0 radical (unpaired) electrons. The van der Waals surface area contributed by atoms with E-state index in [0.717, 1.165) is 30.5 Å². The first-order valence-electron chi connectivity index (χ1n) is 10.8. The molecule has 0 unspecified atom stereocenters. The van der Waals surface area contributed by atoms with Gasteiger partial charge in [-0.25, -0.2) is 4.98 Å². The highest BCUT2D eigenvalue weighted by Gasteiger charge is 2.44. The van der Waals surface area contributed by atoms with Crippen molar-refractivity contribution < 1.29 is 4.79 Å². The topological polar surface area (TPSA) is 50.2 Å². The summed E-state index contributed by atoms with van der Waals surface area (Å²) in [6.45, 7) is 4.20. The standard InChI is InChI=1S/C24H28N4O/c29-23(20-17-19(20)18-9-3-1-4-10-18)26-24-25-21-11-5-6-12-22(21)28(24)16-15-27-13-7-2-8-14-27/h1,3-6,9-12,19-20H,2,7-8,13-17H2,(H,25,26,29)/t19-,20+/m1/s1. The van der Waals surface area contributed by atoms with Gasteiger partial charge in [0.2, 0.25) is 11.9 Å². The van der Waals surface area contributed by atoms with Gasteiger partial charge in [0.15, 0.2) is 0 Å². The number of fused-ring (bicyclic) bond motifs is 1. The van der Waals surface area contributed by atoms with Crippen molar-refractivity contribution >= 4 is 22.9 Å². The summed E-state index contributed by atoms with van der Waals surface area (Å²) in [7, 11) is 0. The molecule has 2 atom stereocenters. The van der Waals surface area contributed by atoms with E-state index in [9.17, 15) is 4.79 Å². The zero-order chi connectivity index (χ0) is 19.6. The number of piperidine rings is 1. The van der Waals surface area contributed by atoms with Crippen molar-refractivity contribution in [2.75, 3.05) is 25.0 Å². The van der Waals surface area contributed by atoms with Crippen LogP contribution in [0.2, 0.25) is 0 Å². The van der Waals surface area contributed by atoms with Crippen LogP contribution in [0.25, 0.3) is 11.0 Å². The smallest absolute Gasteiger partial charge is 0.230 e. The average molecular weight is 389 g/mol. The molecule has 0 spiro atoms. The Balaban J connectivity index is 1.32. The Labute approximate surface area is 171 Å². The summed E-state index contributed by atoms with van der Waals surface area (Å²) in [5, 5.41) is 3.14. The molecule has 5 rings (SSSR count). The van der Waals surface area contributed by atoms with Crippen LogP contribution in [0.3, 0.4) is 0 Å². The van der Waals surface area contributed by atoms with Crippen molar-refractivity contribution in [2.45, 2.75) is 38.1 Å². The van der Waals surface area contributed by atoms with Gasteiger partial charge < -0.3 is 9.47 Å². The molecule has 1 saturated heterocycles. The van der Waals surface area contributed by atoms with E-state index >= 15 is 0 Å². The third kappa shape index (κ3) is 3.92. The fourth-order valence-corrected chi connectivity index (χ4v) is 4.58. The molecule has 2 heterocycles. The molecule has 5 heteroatoms. The number of aromatic nitrogens is 2. The lowest BCUT2D eigenvalue weighted by Gasteiger charge is -2.26. The van der Waals surface area contributed by atoms with Gasteiger partial charge in [-0.3, -0.25) is 10.1 Å². The Hall–Kier alpha value is -2.66.